The molecule has 2 heteroatoms. The van der Waals surface area contributed by atoms with Crippen LogP contribution in [-0.4, -0.2) is 4.70 Å². The summed E-state index contributed by atoms with van der Waals surface area (Å²) in [6.07, 6.45) is 28.1. The number of allylic oxidation sites excluding steroid dienone is 2. The van der Waals surface area contributed by atoms with E-state index in [1.807, 2.05) is 0 Å². The van der Waals surface area contributed by atoms with E-state index in [-0.39, 0.29) is 0 Å². The predicted molar refractivity (Wildman–Crippen MR) is 207 cm³/mol. The molecule has 0 bridgehead atoms. The van der Waals surface area contributed by atoms with Gasteiger partial charge in [0.2, 0.25) is 11.4 Å². The molecule has 1 aliphatic heterocycles. The van der Waals surface area contributed by atoms with E-state index in [1.54, 1.807) is 4.70 Å². The lowest BCUT2D eigenvalue weighted by Crippen LogP contribution is -2.05. The molecule has 3 rings (SSSR count). The number of rotatable bonds is 25. The molecule has 0 atom stereocenters. The fourth-order valence-corrected chi connectivity index (χ4v) is 7.40. The Morgan fingerprint density at radius 1 is 0.383 bits per heavy atom. The van der Waals surface area contributed by atoms with E-state index in [4.69, 9.17) is 0 Å². The summed E-state index contributed by atoms with van der Waals surface area (Å²) in [6.45, 7) is 13.7. The van der Waals surface area contributed by atoms with Gasteiger partial charge in [-0.05, 0) is 111 Å². The van der Waals surface area contributed by atoms with Crippen molar-refractivity contribution in [1.29, 1.82) is 0 Å². The van der Waals surface area contributed by atoms with E-state index in [0.717, 1.165) is 62.8 Å². The Morgan fingerprint density at radius 3 is 1.15 bits per heavy atom. The molecule has 0 radical (unpaired) electrons. The topological polar surface area (TPSA) is 25.3 Å². The Bertz CT molecular complexity index is 1290. The smallest absolute Gasteiger partial charge is 0.211 e. The van der Waals surface area contributed by atoms with Crippen molar-refractivity contribution in [3.05, 3.63) is 86.5 Å². The zero-order valence-corrected chi connectivity index (χ0v) is 31.6. The van der Waals surface area contributed by atoms with Crippen molar-refractivity contribution in [2.45, 2.75) is 189 Å². The predicted octanol–water partition coefficient (Wildman–Crippen LogP) is 14.6. The van der Waals surface area contributed by atoms with E-state index in [9.17, 15) is 5.53 Å². The van der Waals surface area contributed by atoms with Crippen LogP contribution in [0, 0.1) is 0 Å². The van der Waals surface area contributed by atoms with Crippen LogP contribution in [0.4, 0.5) is 0 Å². The molecule has 2 aromatic rings. The molecule has 2 nitrogen and oxygen atoms in total. The number of hydrogen-bond donors (Lipinski definition) is 0. The van der Waals surface area contributed by atoms with Gasteiger partial charge in [0.25, 0.3) is 0 Å². The Labute approximate surface area is 291 Å². The van der Waals surface area contributed by atoms with Crippen LogP contribution in [0.2, 0.25) is 0 Å². The van der Waals surface area contributed by atoms with Gasteiger partial charge in [-0.3, -0.25) is 0 Å². The quantitative estimate of drug-likeness (QED) is 0.0764. The fraction of sp³-hybridized carbons (Fsp3) is 0.644. The molecule has 1 heterocycles. The Balaban J connectivity index is 2.03. The van der Waals surface area contributed by atoms with Crippen LogP contribution in [0.1, 0.15) is 197 Å². The van der Waals surface area contributed by atoms with Gasteiger partial charge in [-0.15, -0.1) is 0 Å². The van der Waals surface area contributed by atoms with Crippen molar-refractivity contribution in [3.8, 4) is 0 Å². The van der Waals surface area contributed by atoms with E-state index < -0.39 is 0 Å². The van der Waals surface area contributed by atoms with Crippen LogP contribution in [0.25, 0.3) is 16.9 Å². The van der Waals surface area contributed by atoms with E-state index in [2.05, 4.69) is 77.9 Å². The summed E-state index contributed by atoms with van der Waals surface area (Å²) in [5, 5.41) is 0. The summed E-state index contributed by atoms with van der Waals surface area (Å²) in [5.74, 6) is 0. The Morgan fingerprint density at radius 2 is 0.723 bits per heavy atom. The van der Waals surface area contributed by atoms with Crippen molar-refractivity contribution in [3.63, 3.8) is 0 Å². The molecule has 0 unspecified atom stereocenters. The second kappa shape index (κ2) is 22.2. The van der Waals surface area contributed by atoms with Crippen molar-refractivity contribution in [1.82, 2.24) is 0 Å². The molecule has 0 fully saturated rings. The van der Waals surface area contributed by atoms with Gasteiger partial charge < -0.3 is 5.53 Å². The van der Waals surface area contributed by atoms with Crippen molar-refractivity contribution < 1.29 is 4.70 Å². The fourth-order valence-electron chi connectivity index (χ4n) is 7.40. The molecular weight excluding hydrogens is 569 g/mol. The standard InChI is InChI=1S/C45H70N2/c1-7-13-17-19-21-24-26-38-30-36(11-5)32-40(34-38)44-42(28-16-10-4)43(29-23-15-9-3)45(47(44)46)41-33-37(12-6)31-39(35-41)27-25-22-20-18-14-8-2/h30-35H,7-29H2,1-6H3. The van der Waals surface area contributed by atoms with E-state index >= 15 is 0 Å². The highest BCUT2D eigenvalue weighted by molar-refractivity contribution is 5.82. The van der Waals surface area contributed by atoms with Crippen molar-refractivity contribution >= 4 is 11.4 Å². The molecule has 2 aromatic carbocycles. The molecule has 0 saturated heterocycles. The average Bonchev–Trinajstić information content (AvgIpc) is 3.36. The zero-order valence-electron chi connectivity index (χ0n) is 31.6. The van der Waals surface area contributed by atoms with E-state index in [1.165, 1.54) is 141 Å². The highest BCUT2D eigenvalue weighted by Crippen LogP contribution is 2.45. The highest BCUT2D eigenvalue weighted by atomic mass is 15.2. The first kappa shape index (κ1) is 39.0. The molecule has 0 aliphatic carbocycles. The molecule has 0 amide bonds. The van der Waals surface area contributed by atoms with Gasteiger partial charge in [0, 0.05) is 22.3 Å². The van der Waals surface area contributed by atoms with Gasteiger partial charge in [-0.25, -0.2) is 4.70 Å². The number of benzene rings is 2. The molecule has 0 aromatic heterocycles. The minimum absolute atomic E-state index is 1.02. The maximum absolute atomic E-state index is 12.4. The monoisotopic (exact) mass is 639 g/mol. The van der Waals surface area contributed by atoms with Crippen LogP contribution in [-0.2, 0) is 25.7 Å². The third-order valence-electron chi connectivity index (χ3n) is 10.3. The van der Waals surface area contributed by atoms with Crippen molar-refractivity contribution in [2.75, 3.05) is 0 Å². The lowest BCUT2D eigenvalue weighted by molar-refractivity contribution is -0.345. The summed E-state index contributed by atoms with van der Waals surface area (Å²) < 4.78 is 1.64. The summed E-state index contributed by atoms with van der Waals surface area (Å²) >= 11 is 0. The summed E-state index contributed by atoms with van der Waals surface area (Å²) in [7, 11) is 0. The normalized spacial score (nSPS) is 13.4. The van der Waals surface area contributed by atoms with Gasteiger partial charge in [-0.2, -0.15) is 0 Å². The SMILES string of the molecule is CCCCCCCCc1cc(CC)cc(C2=C(CCCC)C(CCCCC)=C(c3cc(CC)cc(CCCCCCCC)c3)[N+]2=[N-])c1. The van der Waals surface area contributed by atoms with Gasteiger partial charge >= 0.3 is 0 Å². The summed E-state index contributed by atoms with van der Waals surface area (Å²) in [5.41, 5.74) is 25.3. The first-order valence-corrected chi connectivity index (χ1v) is 20.2. The summed E-state index contributed by atoms with van der Waals surface area (Å²) in [4.78, 5) is 0. The largest absolute Gasteiger partial charge is 0.493 e. The first-order valence-electron chi connectivity index (χ1n) is 20.2. The molecule has 0 saturated carbocycles. The molecule has 0 N–H and O–H groups in total. The molecule has 260 valence electrons. The van der Waals surface area contributed by atoms with Gasteiger partial charge in [0.15, 0.2) is 0 Å². The second-order valence-corrected chi connectivity index (χ2v) is 14.3. The third-order valence-corrected chi connectivity index (χ3v) is 10.3. The lowest BCUT2D eigenvalue weighted by Gasteiger charge is -2.14. The van der Waals surface area contributed by atoms with Crippen LogP contribution in [0.15, 0.2) is 47.5 Å². The van der Waals surface area contributed by atoms with Gasteiger partial charge in [0.05, 0.1) is 0 Å². The number of hydrogen-bond acceptors (Lipinski definition) is 0. The molecule has 1 aliphatic rings. The third kappa shape index (κ3) is 12.2. The Kier molecular flexibility index (Phi) is 18.4. The number of nitrogens with zero attached hydrogens (tertiary/aromatic N) is 2. The maximum Gasteiger partial charge on any atom is 0.211 e. The lowest BCUT2D eigenvalue weighted by atomic mass is 9.90. The molecular formula is C45H70N2. The number of unbranched alkanes of at least 4 members (excludes halogenated alkanes) is 13. The minimum Gasteiger partial charge on any atom is -0.493 e. The summed E-state index contributed by atoms with van der Waals surface area (Å²) in [6, 6.07) is 14.4. The first-order chi connectivity index (χ1) is 23.0. The molecule has 0 spiro atoms. The maximum atomic E-state index is 12.4. The van der Waals surface area contributed by atoms with Crippen molar-refractivity contribution in [2.24, 2.45) is 0 Å². The highest BCUT2D eigenvalue weighted by Gasteiger charge is 2.35. The van der Waals surface area contributed by atoms with E-state index in [0.29, 0.717) is 0 Å². The Hall–Kier alpha value is -2.48. The second-order valence-electron chi connectivity index (χ2n) is 14.3. The van der Waals surface area contributed by atoms with Gasteiger partial charge in [-0.1, -0.05) is 137 Å². The average molecular weight is 639 g/mol. The molecule has 47 heavy (non-hydrogen) atoms. The minimum atomic E-state index is 1.02. The number of aryl methyl sites for hydroxylation is 4. The van der Waals surface area contributed by atoms with Crippen LogP contribution < -0.4 is 0 Å². The van der Waals surface area contributed by atoms with Crippen LogP contribution in [0.3, 0.4) is 0 Å². The van der Waals surface area contributed by atoms with Gasteiger partial charge in [0.1, 0.15) is 0 Å². The van der Waals surface area contributed by atoms with Crippen LogP contribution in [0.5, 0.6) is 0 Å². The van der Waals surface area contributed by atoms with Crippen LogP contribution >= 0.6 is 0 Å². The zero-order chi connectivity index (χ0) is 33.9.